The highest BCUT2D eigenvalue weighted by atomic mass is 19.4. The molecule has 0 radical (unpaired) electrons. The number of rotatable bonds is 7. The van der Waals surface area contributed by atoms with E-state index in [4.69, 9.17) is 9.47 Å². The van der Waals surface area contributed by atoms with Crippen LogP contribution in [0.1, 0.15) is 22.8 Å². The number of nitrogens with one attached hydrogen (secondary N) is 3. The minimum Gasteiger partial charge on any atom is -0.495 e. The van der Waals surface area contributed by atoms with Crippen LogP contribution >= 0.6 is 0 Å². The quantitative estimate of drug-likeness (QED) is 0.437. The molecule has 0 atom stereocenters. The predicted molar refractivity (Wildman–Crippen MR) is 131 cm³/mol. The number of anilines is 3. The summed E-state index contributed by atoms with van der Waals surface area (Å²) in [4.78, 5) is 28.4. The zero-order valence-electron chi connectivity index (χ0n) is 20.5. The van der Waals surface area contributed by atoms with Gasteiger partial charge in [-0.15, -0.1) is 0 Å². The molecule has 10 nitrogen and oxygen atoms in total. The molecular formula is C24H28F3N7O3. The minimum atomic E-state index is -4.55. The van der Waals surface area contributed by atoms with Gasteiger partial charge < -0.3 is 30.0 Å². The first-order valence-electron chi connectivity index (χ1n) is 12.0. The van der Waals surface area contributed by atoms with E-state index in [1.165, 1.54) is 7.11 Å². The van der Waals surface area contributed by atoms with Gasteiger partial charge in [0.05, 0.1) is 43.0 Å². The molecule has 0 unspecified atom stereocenters. The van der Waals surface area contributed by atoms with Crippen molar-refractivity contribution in [3.8, 4) is 5.75 Å². The molecule has 198 valence electrons. The molecule has 2 saturated heterocycles. The monoisotopic (exact) mass is 519 g/mol. The molecule has 0 saturated carbocycles. The first-order valence-corrected chi connectivity index (χ1v) is 12.0. The van der Waals surface area contributed by atoms with Crippen molar-refractivity contribution in [2.24, 2.45) is 0 Å². The average molecular weight is 520 g/mol. The maximum atomic E-state index is 13.5. The van der Waals surface area contributed by atoms with E-state index in [9.17, 15) is 18.0 Å². The molecule has 3 aromatic rings. The fraction of sp³-hybridized carbons (Fsp3) is 0.458. The van der Waals surface area contributed by atoms with E-state index in [0.29, 0.717) is 42.7 Å². The Labute approximate surface area is 211 Å². The second kappa shape index (κ2) is 10.1. The number of benzene rings is 1. The lowest BCUT2D eigenvalue weighted by atomic mass is 10.1. The van der Waals surface area contributed by atoms with Crippen LogP contribution in [0.5, 0.6) is 5.75 Å². The lowest BCUT2D eigenvalue weighted by Crippen LogP contribution is -2.57. The number of piperazine rings is 1. The largest absolute Gasteiger partial charge is 0.495 e. The average Bonchev–Trinajstić information content (AvgIpc) is 3.28. The summed E-state index contributed by atoms with van der Waals surface area (Å²) < 4.78 is 51.1. The molecule has 0 spiro atoms. The Bertz CT molecular complexity index is 1280. The molecule has 5 rings (SSSR count). The summed E-state index contributed by atoms with van der Waals surface area (Å²) in [6.45, 7) is 6.51. The number of aromatic amines is 1. The van der Waals surface area contributed by atoms with Gasteiger partial charge in [0.25, 0.3) is 5.91 Å². The van der Waals surface area contributed by atoms with E-state index in [0.717, 1.165) is 32.5 Å². The van der Waals surface area contributed by atoms with Crippen LogP contribution in [0.2, 0.25) is 0 Å². The van der Waals surface area contributed by atoms with Crippen molar-refractivity contribution in [2.45, 2.75) is 19.1 Å². The van der Waals surface area contributed by atoms with E-state index in [1.54, 1.807) is 25.1 Å². The summed E-state index contributed by atoms with van der Waals surface area (Å²) in [6.07, 6.45) is -3.67. The second-order valence-electron chi connectivity index (χ2n) is 8.91. The summed E-state index contributed by atoms with van der Waals surface area (Å²) in [6, 6.07) is 5.43. The van der Waals surface area contributed by atoms with Crippen LogP contribution in [0.15, 0.2) is 24.4 Å². The molecule has 2 aliphatic rings. The molecule has 2 aromatic heterocycles. The van der Waals surface area contributed by atoms with Gasteiger partial charge in [-0.2, -0.15) is 23.1 Å². The molecule has 3 N–H and O–H groups in total. The molecule has 4 heterocycles. The standard InChI is InChI=1S/C24H28F3N7O3/c1-3-28-20-19-16(24(25,26)27)11-29-21(19)32-23(31-20)30-17-5-4-14(10-18(17)36-2)22(35)34-8-6-33(7-9-34)15-12-37-13-15/h4-5,10-11,15H,3,6-9,12-13H2,1-2H3,(H3,28,29,30,31,32). The Balaban J connectivity index is 1.35. The number of carbonyl (C=O) groups excluding carboxylic acids is 1. The third kappa shape index (κ3) is 5.01. The lowest BCUT2D eigenvalue weighted by molar-refractivity contribution is -0.136. The molecule has 2 aliphatic heterocycles. The Morgan fingerprint density at radius 3 is 2.59 bits per heavy atom. The number of fused-ring (bicyclic) bond motifs is 1. The molecule has 0 bridgehead atoms. The van der Waals surface area contributed by atoms with Crippen LogP contribution < -0.4 is 15.4 Å². The normalized spacial score (nSPS) is 17.1. The molecule has 1 amide bonds. The number of H-pyrrole nitrogens is 1. The van der Waals surface area contributed by atoms with Crippen LogP contribution in [0.3, 0.4) is 0 Å². The number of hydrogen-bond donors (Lipinski definition) is 3. The Hall–Kier alpha value is -3.58. The number of alkyl halides is 3. The minimum absolute atomic E-state index is 0.0409. The molecule has 0 aliphatic carbocycles. The zero-order valence-corrected chi connectivity index (χ0v) is 20.5. The van der Waals surface area contributed by atoms with Crippen molar-refractivity contribution in [3.63, 3.8) is 0 Å². The number of aromatic nitrogens is 3. The number of ether oxygens (including phenoxy) is 2. The van der Waals surface area contributed by atoms with Crippen molar-refractivity contribution in [2.75, 3.05) is 63.7 Å². The molecule has 2 fully saturated rings. The van der Waals surface area contributed by atoms with Crippen molar-refractivity contribution in [1.82, 2.24) is 24.8 Å². The number of halogens is 3. The van der Waals surface area contributed by atoms with Crippen LogP contribution in [-0.2, 0) is 10.9 Å². The van der Waals surface area contributed by atoms with Gasteiger partial charge in [-0.3, -0.25) is 9.69 Å². The van der Waals surface area contributed by atoms with Crippen molar-refractivity contribution < 1.29 is 27.4 Å². The Morgan fingerprint density at radius 1 is 1.22 bits per heavy atom. The second-order valence-corrected chi connectivity index (χ2v) is 8.91. The van der Waals surface area contributed by atoms with Crippen LogP contribution in [0.4, 0.5) is 30.6 Å². The van der Waals surface area contributed by atoms with Gasteiger partial charge in [0.1, 0.15) is 17.2 Å². The first-order chi connectivity index (χ1) is 17.8. The summed E-state index contributed by atoms with van der Waals surface area (Å²) in [5, 5.41) is 5.76. The van der Waals surface area contributed by atoms with Crippen LogP contribution in [-0.4, -0.2) is 89.7 Å². The fourth-order valence-electron chi connectivity index (χ4n) is 4.56. The van der Waals surface area contributed by atoms with Gasteiger partial charge in [0.2, 0.25) is 5.95 Å². The number of hydrogen-bond acceptors (Lipinski definition) is 8. The number of carbonyl (C=O) groups is 1. The highest BCUT2D eigenvalue weighted by Gasteiger charge is 2.36. The summed E-state index contributed by atoms with van der Waals surface area (Å²) in [5.41, 5.74) is 0.149. The highest BCUT2D eigenvalue weighted by Crippen LogP contribution is 2.38. The van der Waals surface area contributed by atoms with Crippen LogP contribution in [0, 0.1) is 0 Å². The fourth-order valence-corrected chi connectivity index (χ4v) is 4.56. The topological polar surface area (TPSA) is 108 Å². The SMILES string of the molecule is CCNc1nc(Nc2ccc(C(=O)N3CCN(C4COC4)CC3)cc2OC)nc2[nH]cc(C(F)(F)F)c12. The van der Waals surface area contributed by atoms with E-state index in [-0.39, 0.29) is 28.7 Å². The van der Waals surface area contributed by atoms with Gasteiger partial charge in [0.15, 0.2) is 0 Å². The Kier molecular flexibility index (Phi) is 6.82. The zero-order chi connectivity index (χ0) is 26.2. The molecule has 37 heavy (non-hydrogen) atoms. The van der Waals surface area contributed by atoms with Gasteiger partial charge in [-0.25, -0.2) is 0 Å². The van der Waals surface area contributed by atoms with Gasteiger partial charge in [0, 0.05) is 44.5 Å². The maximum absolute atomic E-state index is 13.5. The van der Waals surface area contributed by atoms with Crippen molar-refractivity contribution >= 4 is 34.4 Å². The Morgan fingerprint density at radius 2 is 1.97 bits per heavy atom. The predicted octanol–water partition coefficient (Wildman–Crippen LogP) is 3.32. The van der Waals surface area contributed by atoms with Gasteiger partial charge >= 0.3 is 6.18 Å². The van der Waals surface area contributed by atoms with Crippen LogP contribution in [0.25, 0.3) is 11.0 Å². The summed E-state index contributed by atoms with van der Waals surface area (Å²) in [5.74, 6) is 0.425. The van der Waals surface area contributed by atoms with Gasteiger partial charge in [-0.05, 0) is 25.1 Å². The smallest absolute Gasteiger partial charge is 0.418 e. The van der Waals surface area contributed by atoms with Crippen molar-refractivity contribution in [3.05, 3.63) is 35.5 Å². The van der Waals surface area contributed by atoms with Gasteiger partial charge in [-0.1, -0.05) is 0 Å². The summed E-state index contributed by atoms with van der Waals surface area (Å²) >= 11 is 0. The molecular weight excluding hydrogens is 491 g/mol. The molecule has 13 heteroatoms. The third-order valence-electron chi connectivity index (χ3n) is 6.61. The first kappa shape index (κ1) is 25.1. The maximum Gasteiger partial charge on any atom is 0.418 e. The van der Waals surface area contributed by atoms with Crippen molar-refractivity contribution in [1.29, 1.82) is 0 Å². The van der Waals surface area contributed by atoms with E-state index in [1.807, 2.05) is 4.90 Å². The van der Waals surface area contributed by atoms with E-state index < -0.39 is 11.7 Å². The summed E-state index contributed by atoms with van der Waals surface area (Å²) in [7, 11) is 1.48. The number of methoxy groups -OCH3 is 1. The van der Waals surface area contributed by atoms with E-state index in [2.05, 4.69) is 30.5 Å². The lowest BCUT2D eigenvalue weighted by Gasteiger charge is -2.42. The highest BCUT2D eigenvalue weighted by molar-refractivity contribution is 5.96. The number of amides is 1. The van der Waals surface area contributed by atoms with E-state index >= 15 is 0 Å². The molecule has 1 aromatic carbocycles. The number of nitrogens with zero attached hydrogens (tertiary/aromatic N) is 4. The third-order valence-corrected chi connectivity index (χ3v) is 6.61.